The molecule has 308 valence electrons. The summed E-state index contributed by atoms with van der Waals surface area (Å²) in [4.78, 5) is 25.2. The first-order chi connectivity index (χ1) is 25.0. The van der Waals surface area contributed by atoms with Crippen LogP contribution in [0.15, 0.2) is 0 Å². The van der Waals surface area contributed by atoms with E-state index < -0.39 is 71.2 Å². The largest absolute Gasteiger partial charge is 0.462 e. The fraction of sp³-hybridized carbons (Fsp3) is 0.949. The van der Waals surface area contributed by atoms with E-state index in [4.69, 9.17) is 18.9 Å². The lowest BCUT2D eigenvalue weighted by atomic mass is 10.00. The van der Waals surface area contributed by atoms with Gasteiger partial charge in [0.1, 0.15) is 36.8 Å². The van der Waals surface area contributed by atoms with Crippen LogP contribution in [0.1, 0.15) is 181 Å². The van der Waals surface area contributed by atoms with Crippen LogP contribution in [0.25, 0.3) is 0 Å². The number of unbranched alkanes of at least 4 members (excludes halogenated alkanes) is 22. The highest BCUT2D eigenvalue weighted by Gasteiger charge is 2.46. The molecule has 0 amide bonds. The van der Waals surface area contributed by atoms with E-state index in [1.807, 2.05) is 0 Å². The zero-order valence-electron chi connectivity index (χ0n) is 32.4. The molecule has 1 aliphatic heterocycles. The maximum absolute atomic E-state index is 12.7. The maximum atomic E-state index is 12.7. The molecule has 13 heteroatoms. The van der Waals surface area contributed by atoms with Crippen molar-refractivity contribution in [2.75, 3.05) is 19.0 Å². The Morgan fingerprint density at radius 1 is 0.577 bits per heavy atom. The Morgan fingerprint density at radius 2 is 0.981 bits per heavy atom. The molecule has 1 saturated heterocycles. The number of ether oxygens (including phenoxy) is 4. The van der Waals surface area contributed by atoms with Crippen LogP contribution in [0.5, 0.6) is 0 Å². The van der Waals surface area contributed by atoms with Crippen LogP contribution >= 0.6 is 0 Å². The molecular formula is C39H74O12S. The third-order valence-corrected chi connectivity index (χ3v) is 10.4. The van der Waals surface area contributed by atoms with Gasteiger partial charge in [-0.05, 0) is 12.8 Å². The monoisotopic (exact) mass is 766 g/mol. The Balaban J connectivity index is 2.49. The second-order valence-corrected chi connectivity index (χ2v) is 16.2. The van der Waals surface area contributed by atoms with E-state index >= 15 is 0 Å². The number of carbonyl (C=O) groups is 2. The third-order valence-electron chi connectivity index (χ3n) is 9.69. The van der Waals surface area contributed by atoms with Crippen molar-refractivity contribution >= 4 is 22.1 Å². The minimum absolute atomic E-state index is 0.171. The zero-order chi connectivity index (χ0) is 38.5. The summed E-state index contributed by atoms with van der Waals surface area (Å²) >= 11 is 0. The Morgan fingerprint density at radius 3 is 1.40 bits per heavy atom. The summed E-state index contributed by atoms with van der Waals surface area (Å²) in [5.74, 6) is -1.97. The van der Waals surface area contributed by atoms with E-state index in [-0.39, 0.29) is 19.4 Å². The SMILES string of the molecule is CCCCCCCCCCCCCCCC(=O)OC[C@H](CO[C@@H]1O[C@H](CS(=O)(=O)O)[C@@H](O)[C@H](O)[C@H]1O)OC(=O)CCCCCCCCCCCCC. The van der Waals surface area contributed by atoms with Crippen molar-refractivity contribution in [1.82, 2.24) is 0 Å². The molecule has 0 bridgehead atoms. The molecule has 0 saturated carbocycles. The van der Waals surface area contributed by atoms with Crippen LogP contribution in [0.4, 0.5) is 0 Å². The molecule has 0 aromatic rings. The van der Waals surface area contributed by atoms with Gasteiger partial charge in [-0.1, -0.05) is 155 Å². The lowest BCUT2D eigenvalue weighted by Crippen LogP contribution is -2.60. The van der Waals surface area contributed by atoms with E-state index in [0.717, 1.165) is 38.5 Å². The van der Waals surface area contributed by atoms with Gasteiger partial charge < -0.3 is 34.3 Å². The highest BCUT2D eigenvalue weighted by atomic mass is 32.2. The average Bonchev–Trinajstić information content (AvgIpc) is 3.10. The first-order valence-corrected chi connectivity index (χ1v) is 22.2. The predicted molar refractivity (Wildman–Crippen MR) is 201 cm³/mol. The topological polar surface area (TPSA) is 186 Å². The fourth-order valence-corrected chi connectivity index (χ4v) is 7.13. The molecule has 1 heterocycles. The molecule has 1 rings (SSSR count). The molecule has 52 heavy (non-hydrogen) atoms. The number of esters is 2. The lowest BCUT2D eigenvalue weighted by molar-refractivity contribution is -0.297. The van der Waals surface area contributed by atoms with Crippen LogP contribution in [0, 0.1) is 0 Å². The minimum Gasteiger partial charge on any atom is -0.462 e. The molecule has 0 unspecified atom stereocenters. The summed E-state index contributed by atoms with van der Waals surface area (Å²) in [7, 11) is -4.59. The highest BCUT2D eigenvalue weighted by Crippen LogP contribution is 2.24. The maximum Gasteiger partial charge on any atom is 0.306 e. The van der Waals surface area contributed by atoms with Crippen molar-refractivity contribution in [3.8, 4) is 0 Å². The van der Waals surface area contributed by atoms with Gasteiger partial charge in [0.25, 0.3) is 10.1 Å². The Bertz CT molecular complexity index is 994. The van der Waals surface area contributed by atoms with Crippen LogP contribution in [0.2, 0.25) is 0 Å². The molecule has 1 fully saturated rings. The normalized spacial score (nSPS) is 21.2. The number of carbonyl (C=O) groups excluding carboxylic acids is 2. The molecule has 1 aliphatic rings. The Hall–Kier alpha value is -1.35. The molecule has 6 atom stereocenters. The number of aliphatic hydroxyl groups is 3. The molecule has 0 aromatic heterocycles. The van der Waals surface area contributed by atoms with Gasteiger partial charge in [0.05, 0.1) is 6.61 Å². The average molecular weight is 767 g/mol. The van der Waals surface area contributed by atoms with Crippen molar-refractivity contribution in [1.29, 1.82) is 0 Å². The summed E-state index contributed by atoms with van der Waals surface area (Å²) in [5.41, 5.74) is 0. The van der Waals surface area contributed by atoms with Crippen LogP contribution in [0.3, 0.4) is 0 Å². The highest BCUT2D eigenvalue weighted by molar-refractivity contribution is 7.85. The van der Waals surface area contributed by atoms with Crippen molar-refractivity contribution in [3.05, 3.63) is 0 Å². The quantitative estimate of drug-likeness (QED) is 0.0291. The van der Waals surface area contributed by atoms with Crippen LogP contribution in [-0.2, 0) is 38.7 Å². The van der Waals surface area contributed by atoms with Gasteiger partial charge in [0.15, 0.2) is 12.4 Å². The van der Waals surface area contributed by atoms with Gasteiger partial charge >= 0.3 is 11.9 Å². The van der Waals surface area contributed by atoms with Crippen LogP contribution < -0.4 is 0 Å². The molecule has 4 N–H and O–H groups in total. The second kappa shape index (κ2) is 30.9. The van der Waals surface area contributed by atoms with Crippen molar-refractivity contribution in [3.63, 3.8) is 0 Å². The number of rotatable bonds is 34. The van der Waals surface area contributed by atoms with Gasteiger partial charge in [-0.2, -0.15) is 8.42 Å². The summed E-state index contributed by atoms with van der Waals surface area (Å²) in [6.45, 7) is 3.74. The van der Waals surface area contributed by atoms with Crippen molar-refractivity contribution in [2.45, 2.75) is 218 Å². The predicted octanol–water partition coefficient (Wildman–Crippen LogP) is 7.34. The first kappa shape index (κ1) is 48.7. The van der Waals surface area contributed by atoms with Crippen molar-refractivity contribution in [2.24, 2.45) is 0 Å². The second-order valence-electron chi connectivity index (χ2n) is 14.7. The zero-order valence-corrected chi connectivity index (χ0v) is 33.2. The van der Waals surface area contributed by atoms with Crippen LogP contribution in [-0.4, -0.2) is 96.0 Å². The van der Waals surface area contributed by atoms with E-state index in [9.17, 15) is 37.9 Å². The summed E-state index contributed by atoms with van der Waals surface area (Å²) in [6.07, 6.45) is 18.7. The molecule has 12 nitrogen and oxygen atoms in total. The molecular weight excluding hydrogens is 692 g/mol. The van der Waals surface area contributed by atoms with E-state index in [1.54, 1.807) is 0 Å². The molecule has 0 aromatic carbocycles. The van der Waals surface area contributed by atoms with Gasteiger partial charge in [-0.25, -0.2) is 0 Å². The lowest BCUT2D eigenvalue weighted by Gasteiger charge is -2.40. The van der Waals surface area contributed by atoms with Gasteiger partial charge in [-0.15, -0.1) is 0 Å². The Labute approximate surface area is 314 Å². The van der Waals surface area contributed by atoms with E-state index in [2.05, 4.69) is 13.8 Å². The van der Waals surface area contributed by atoms with E-state index in [1.165, 1.54) is 103 Å². The molecule has 0 aliphatic carbocycles. The number of hydrogen-bond donors (Lipinski definition) is 4. The van der Waals surface area contributed by atoms with Gasteiger partial charge in [0, 0.05) is 12.8 Å². The molecule has 0 radical (unpaired) electrons. The number of aliphatic hydroxyl groups excluding tert-OH is 3. The van der Waals surface area contributed by atoms with Gasteiger partial charge in [0.2, 0.25) is 0 Å². The van der Waals surface area contributed by atoms with E-state index in [0.29, 0.717) is 12.8 Å². The smallest absolute Gasteiger partial charge is 0.306 e. The Kier molecular flexibility index (Phi) is 28.9. The van der Waals surface area contributed by atoms with Gasteiger partial charge in [-0.3, -0.25) is 14.1 Å². The standard InChI is InChI=1S/C39H74O12S/c1-3-5-7-9-11-13-15-16-18-19-21-23-25-27-34(40)48-29-32(50-35(41)28-26-24-22-20-17-14-12-10-8-6-4-2)30-49-39-38(44)37(43)36(42)33(51-39)31-52(45,46)47/h32-33,36-39,42-44H,3-31H2,1-2H3,(H,45,46,47)/t32-,33-,36-,37+,38-,39-/m1/s1. The molecule has 0 spiro atoms. The first-order valence-electron chi connectivity index (χ1n) is 20.6. The summed E-state index contributed by atoms with van der Waals surface area (Å²) < 4.78 is 53.8. The minimum atomic E-state index is -4.59. The van der Waals surface area contributed by atoms with Crippen molar-refractivity contribution < 1.29 is 56.8 Å². The summed E-state index contributed by atoms with van der Waals surface area (Å²) in [6, 6.07) is 0. The fourth-order valence-electron chi connectivity index (χ4n) is 6.44. The number of hydrogen-bond acceptors (Lipinski definition) is 11. The summed E-state index contributed by atoms with van der Waals surface area (Å²) in [5, 5.41) is 30.8. The third kappa shape index (κ3) is 25.6.